The first-order valence-corrected chi connectivity index (χ1v) is 12.1. The number of ether oxygens (including phenoxy) is 1. The predicted molar refractivity (Wildman–Crippen MR) is 117 cm³/mol. The third-order valence-electron chi connectivity index (χ3n) is 6.45. The van der Waals surface area contributed by atoms with Gasteiger partial charge in [-0.2, -0.15) is 5.26 Å². The molecule has 0 amide bonds. The molecule has 1 rings (SSSR count). The molecular formula is C22H43N2O3P. The lowest BCUT2D eigenvalue weighted by Crippen LogP contribution is -2.33. The normalized spacial score (nSPS) is 29.0. The Labute approximate surface area is 175 Å². The first-order chi connectivity index (χ1) is 13.2. The number of rotatable bonds is 13. The SMILES string of the molecule is CC1C(COCCCOP(OCCC#N)N(C(C)C)C(C)C)C(C)[C@@H](C)C1C. The van der Waals surface area contributed by atoms with E-state index in [-0.39, 0.29) is 0 Å². The summed E-state index contributed by atoms with van der Waals surface area (Å²) in [6, 6.07) is 2.80. The van der Waals surface area contributed by atoms with Gasteiger partial charge in [0.15, 0.2) is 0 Å². The van der Waals surface area contributed by atoms with Crippen LogP contribution < -0.4 is 0 Å². The molecule has 164 valence electrons. The molecule has 0 radical (unpaired) electrons. The third-order valence-corrected chi connectivity index (χ3v) is 8.55. The highest BCUT2D eigenvalue weighted by molar-refractivity contribution is 7.44. The summed E-state index contributed by atoms with van der Waals surface area (Å²) in [6.45, 7) is 20.7. The van der Waals surface area contributed by atoms with Crippen molar-refractivity contribution < 1.29 is 13.8 Å². The van der Waals surface area contributed by atoms with E-state index < -0.39 is 8.53 Å². The molecule has 5 nitrogen and oxygen atoms in total. The zero-order chi connectivity index (χ0) is 21.3. The van der Waals surface area contributed by atoms with Crippen LogP contribution in [0.1, 0.15) is 68.2 Å². The van der Waals surface area contributed by atoms with Gasteiger partial charge in [0.05, 0.1) is 25.7 Å². The zero-order valence-corrected chi connectivity index (χ0v) is 20.2. The lowest BCUT2D eigenvalue weighted by Gasteiger charge is -2.35. The Kier molecular flexibility index (Phi) is 12.1. The van der Waals surface area contributed by atoms with E-state index in [1.165, 1.54) is 0 Å². The molecule has 0 N–H and O–H groups in total. The molecule has 1 aliphatic rings. The second kappa shape index (κ2) is 13.1. The van der Waals surface area contributed by atoms with E-state index >= 15 is 0 Å². The maximum absolute atomic E-state index is 8.78. The fourth-order valence-electron chi connectivity index (χ4n) is 4.36. The van der Waals surface area contributed by atoms with Gasteiger partial charge in [-0.1, -0.05) is 27.7 Å². The number of nitriles is 1. The molecule has 0 heterocycles. The molecule has 6 atom stereocenters. The lowest BCUT2D eigenvalue weighted by atomic mass is 9.90. The van der Waals surface area contributed by atoms with Gasteiger partial charge in [0.1, 0.15) is 0 Å². The van der Waals surface area contributed by atoms with E-state index in [0.29, 0.717) is 37.6 Å². The average Bonchev–Trinajstić information content (AvgIpc) is 2.81. The van der Waals surface area contributed by atoms with Crippen LogP contribution in [0.25, 0.3) is 0 Å². The smallest absolute Gasteiger partial charge is 0.259 e. The van der Waals surface area contributed by atoms with Gasteiger partial charge in [-0.15, -0.1) is 0 Å². The van der Waals surface area contributed by atoms with Crippen molar-refractivity contribution in [3.8, 4) is 6.07 Å². The van der Waals surface area contributed by atoms with Gasteiger partial charge < -0.3 is 13.8 Å². The van der Waals surface area contributed by atoms with Crippen LogP contribution in [-0.2, 0) is 13.8 Å². The van der Waals surface area contributed by atoms with E-state index in [9.17, 15) is 0 Å². The maximum Gasteiger partial charge on any atom is 0.259 e. The topological polar surface area (TPSA) is 54.7 Å². The van der Waals surface area contributed by atoms with Crippen molar-refractivity contribution in [1.82, 2.24) is 4.67 Å². The van der Waals surface area contributed by atoms with Gasteiger partial charge in [0.25, 0.3) is 8.53 Å². The van der Waals surface area contributed by atoms with Crippen LogP contribution in [0.4, 0.5) is 0 Å². The van der Waals surface area contributed by atoms with Gasteiger partial charge in [0.2, 0.25) is 0 Å². The van der Waals surface area contributed by atoms with Gasteiger partial charge in [-0.3, -0.25) is 0 Å². The monoisotopic (exact) mass is 414 g/mol. The van der Waals surface area contributed by atoms with E-state index in [0.717, 1.165) is 43.3 Å². The largest absolute Gasteiger partial charge is 0.381 e. The Hall–Kier alpha value is -0.240. The van der Waals surface area contributed by atoms with Gasteiger partial charge in [-0.25, -0.2) is 4.67 Å². The molecular weight excluding hydrogens is 371 g/mol. The number of nitrogens with zero attached hydrogens (tertiary/aromatic N) is 2. The van der Waals surface area contributed by atoms with Crippen molar-refractivity contribution in [1.29, 1.82) is 5.26 Å². The fourth-order valence-corrected chi connectivity index (χ4v) is 5.98. The molecule has 0 aliphatic heterocycles. The van der Waals surface area contributed by atoms with Crippen LogP contribution >= 0.6 is 8.53 Å². The number of hydrogen-bond donors (Lipinski definition) is 0. The molecule has 0 aromatic carbocycles. The lowest BCUT2D eigenvalue weighted by molar-refractivity contribution is 0.0614. The van der Waals surface area contributed by atoms with E-state index in [1.807, 2.05) is 0 Å². The summed E-state index contributed by atoms with van der Waals surface area (Å²) in [4.78, 5) is 0. The molecule has 1 aliphatic carbocycles. The molecule has 28 heavy (non-hydrogen) atoms. The molecule has 0 aromatic heterocycles. The van der Waals surface area contributed by atoms with Crippen molar-refractivity contribution in [2.24, 2.45) is 29.6 Å². The quantitative estimate of drug-likeness (QED) is 0.279. The van der Waals surface area contributed by atoms with Crippen LogP contribution in [-0.4, -0.2) is 43.2 Å². The van der Waals surface area contributed by atoms with Gasteiger partial charge >= 0.3 is 0 Å². The van der Waals surface area contributed by atoms with Gasteiger partial charge in [0, 0.05) is 25.3 Å². The summed E-state index contributed by atoms with van der Waals surface area (Å²) in [5.41, 5.74) is 0. The fraction of sp³-hybridized carbons (Fsp3) is 0.955. The summed E-state index contributed by atoms with van der Waals surface area (Å²) in [6.07, 6.45) is 1.26. The minimum absolute atomic E-state index is 0.332. The van der Waals surface area contributed by atoms with Crippen LogP contribution in [0.15, 0.2) is 0 Å². The molecule has 5 unspecified atom stereocenters. The van der Waals surface area contributed by atoms with Crippen molar-refractivity contribution in [2.75, 3.05) is 26.4 Å². The molecule has 0 aromatic rings. The highest BCUT2D eigenvalue weighted by Gasteiger charge is 2.41. The highest BCUT2D eigenvalue weighted by atomic mass is 31.2. The average molecular weight is 415 g/mol. The first-order valence-electron chi connectivity index (χ1n) is 11.0. The van der Waals surface area contributed by atoms with Crippen LogP contribution in [0.2, 0.25) is 0 Å². The maximum atomic E-state index is 8.78. The summed E-state index contributed by atoms with van der Waals surface area (Å²) in [5, 5.41) is 8.78. The Morgan fingerprint density at radius 2 is 1.39 bits per heavy atom. The van der Waals surface area contributed by atoms with Crippen molar-refractivity contribution in [3.63, 3.8) is 0 Å². The minimum atomic E-state index is -1.14. The summed E-state index contributed by atoms with van der Waals surface area (Å²) in [7, 11) is -1.14. The first kappa shape index (κ1) is 25.8. The van der Waals surface area contributed by atoms with Crippen LogP contribution in [0.3, 0.4) is 0 Å². The molecule has 1 fully saturated rings. The third kappa shape index (κ3) is 7.54. The Morgan fingerprint density at radius 3 is 1.89 bits per heavy atom. The van der Waals surface area contributed by atoms with Crippen molar-refractivity contribution in [3.05, 3.63) is 0 Å². The second-order valence-corrected chi connectivity index (χ2v) is 10.4. The van der Waals surface area contributed by atoms with Crippen LogP contribution in [0.5, 0.6) is 0 Å². The molecule has 0 saturated heterocycles. The standard InChI is InChI=1S/C22H43N2O3P/c1-16(2)24(17(3)4)28(26-13-9-11-23)27-14-10-12-25-15-22-20(7)18(5)19(6)21(22)8/h16-22H,9-10,12-15H2,1-8H3/t18-,19?,20?,21?,22?,28?/m0/s1. The summed E-state index contributed by atoms with van der Waals surface area (Å²) < 4.78 is 20.3. The summed E-state index contributed by atoms with van der Waals surface area (Å²) >= 11 is 0. The van der Waals surface area contributed by atoms with Crippen molar-refractivity contribution in [2.45, 2.75) is 80.3 Å². The van der Waals surface area contributed by atoms with Gasteiger partial charge in [-0.05, 0) is 63.7 Å². The molecule has 6 heteroatoms. The second-order valence-electron chi connectivity index (χ2n) is 8.91. The van der Waals surface area contributed by atoms with Crippen LogP contribution in [0, 0.1) is 40.9 Å². The van der Waals surface area contributed by atoms with E-state index in [2.05, 4.69) is 66.1 Å². The molecule has 0 bridgehead atoms. The number of hydrogen-bond acceptors (Lipinski definition) is 5. The zero-order valence-electron chi connectivity index (χ0n) is 19.4. The summed E-state index contributed by atoms with van der Waals surface area (Å²) in [5.74, 6) is 3.68. The van der Waals surface area contributed by atoms with E-state index in [1.54, 1.807) is 0 Å². The van der Waals surface area contributed by atoms with E-state index in [4.69, 9.17) is 19.0 Å². The Morgan fingerprint density at radius 1 is 0.857 bits per heavy atom. The molecule has 1 saturated carbocycles. The highest BCUT2D eigenvalue weighted by Crippen LogP contribution is 2.46. The minimum Gasteiger partial charge on any atom is -0.381 e. The molecule has 0 spiro atoms. The Bertz CT molecular complexity index is 447. The predicted octanol–water partition coefficient (Wildman–Crippen LogP) is 5.86. The Balaban J connectivity index is 2.38. The van der Waals surface area contributed by atoms with Crippen molar-refractivity contribution >= 4 is 8.53 Å².